The summed E-state index contributed by atoms with van der Waals surface area (Å²) in [6, 6.07) is 5.26. The number of hydrogen-bond donors (Lipinski definition) is 0. The largest absolute Gasteiger partial charge is 0.476 e. The van der Waals surface area contributed by atoms with Crippen molar-refractivity contribution in [1.82, 2.24) is 0 Å². The molecule has 0 saturated carbocycles. The topological polar surface area (TPSA) is 21.6 Å². The maximum absolute atomic E-state index is 12.5. The molecule has 0 N–H and O–H groups in total. The highest BCUT2D eigenvalue weighted by atomic mass is 19.2. The monoisotopic (exact) mass is 185 g/mol. The van der Waals surface area contributed by atoms with E-state index in [0.717, 1.165) is 0 Å². The molecule has 0 aliphatic rings. The number of ether oxygens (including phenoxy) is 1. The van der Waals surface area contributed by atoms with Crippen LogP contribution in [0.25, 0.3) is 0 Å². The minimum atomic E-state index is -0.376. The van der Waals surface area contributed by atoms with Crippen molar-refractivity contribution in [2.24, 2.45) is 5.21 Å². The molecule has 0 fully saturated rings. The van der Waals surface area contributed by atoms with E-state index in [1.807, 2.05) is 0 Å². The molecule has 0 spiro atoms. The van der Waals surface area contributed by atoms with E-state index in [-0.39, 0.29) is 11.7 Å². The molecule has 1 aromatic rings. The van der Waals surface area contributed by atoms with E-state index in [4.69, 9.17) is 4.74 Å². The van der Waals surface area contributed by atoms with Crippen LogP contribution >= 0.6 is 0 Å². The van der Waals surface area contributed by atoms with Gasteiger partial charge in [0.15, 0.2) is 0 Å². The van der Waals surface area contributed by atoms with E-state index in [1.165, 1.54) is 24.3 Å². The lowest BCUT2D eigenvalue weighted by Crippen LogP contribution is -2.05. The molecule has 0 aliphatic heterocycles. The van der Waals surface area contributed by atoms with Gasteiger partial charge in [0, 0.05) is 5.56 Å². The smallest absolute Gasteiger partial charge is 0.251 e. The van der Waals surface area contributed by atoms with Gasteiger partial charge in [0.05, 0.1) is 6.61 Å². The first-order valence-corrected chi connectivity index (χ1v) is 3.85. The summed E-state index contributed by atoms with van der Waals surface area (Å²) in [7, 11) is 0. The molecule has 0 radical (unpaired) electrons. The predicted molar refractivity (Wildman–Crippen MR) is 45.7 cm³/mol. The van der Waals surface area contributed by atoms with Gasteiger partial charge in [-0.05, 0) is 36.4 Å². The first-order valence-electron chi connectivity index (χ1n) is 3.85. The van der Waals surface area contributed by atoms with Crippen LogP contribution in [0, 0.1) is 5.82 Å². The minimum Gasteiger partial charge on any atom is -0.476 e. The maximum Gasteiger partial charge on any atom is 0.251 e. The van der Waals surface area contributed by atoms with Crippen molar-refractivity contribution in [3.05, 3.63) is 35.6 Å². The number of nitrogens with zero attached hydrogens (tertiary/aromatic N) is 1. The van der Waals surface area contributed by atoms with Crippen LogP contribution in [-0.4, -0.2) is 12.5 Å². The fourth-order valence-corrected chi connectivity index (χ4v) is 0.886. The molecule has 13 heavy (non-hydrogen) atoms. The standard InChI is InChI=1S/C9H9F2NO/c1-2-13-9(12-11)7-3-5-8(10)6-4-7/h3-6H,2H2,1H3/b12-9+. The summed E-state index contributed by atoms with van der Waals surface area (Å²) < 4.78 is 29.3. The second-order valence-corrected chi connectivity index (χ2v) is 2.33. The Kier molecular flexibility index (Phi) is 3.37. The van der Waals surface area contributed by atoms with Crippen molar-refractivity contribution in [3.8, 4) is 0 Å². The Morgan fingerprint density at radius 1 is 1.38 bits per heavy atom. The van der Waals surface area contributed by atoms with Crippen LogP contribution in [0.5, 0.6) is 0 Å². The lowest BCUT2D eigenvalue weighted by molar-refractivity contribution is 0.314. The van der Waals surface area contributed by atoms with Crippen LogP contribution in [0.2, 0.25) is 0 Å². The fraction of sp³-hybridized carbons (Fsp3) is 0.222. The fourth-order valence-electron chi connectivity index (χ4n) is 0.886. The van der Waals surface area contributed by atoms with Gasteiger partial charge in [-0.2, -0.15) is 0 Å². The van der Waals surface area contributed by atoms with Crippen molar-refractivity contribution < 1.29 is 13.6 Å². The summed E-state index contributed by atoms with van der Waals surface area (Å²) in [5.41, 5.74) is 0.422. The quantitative estimate of drug-likeness (QED) is 0.512. The SMILES string of the molecule is CCO/C(=N/F)c1ccc(F)cc1. The Hall–Kier alpha value is -1.45. The third-order valence-electron chi connectivity index (χ3n) is 1.45. The number of benzene rings is 1. The minimum absolute atomic E-state index is 0.123. The van der Waals surface area contributed by atoms with E-state index < -0.39 is 0 Å². The van der Waals surface area contributed by atoms with Crippen LogP contribution < -0.4 is 0 Å². The van der Waals surface area contributed by atoms with E-state index in [9.17, 15) is 8.87 Å². The molecule has 2 nitrogen and oxygen atoms in total. The summed E-state index contributed by atoms with van der Waals surface area (Å²) in [6.07, 6.45) is 0. The highest BCUT2D eigenvalue weighted by Crippen LogP contribution is 2.05. The number of halogens is 2. The third-order valence-corrected chi connectivity index (χ3v) is 1.45. The molecule has 0 aliphatic carbocycles. The zero-order valence-corrected chi connectivity index (χ0v) is 7.13. The molecule has 0 amide bonds. The summed E-state index contributed by atoms with van der Waals surface area (Å²) in [4.78, 5) is 0. The average Bonchev–Trinajstić information content (AvgIpc) is 2.16. The highest BCUT2D eigenvalue weighted by Gasteiger charge is 2.04. The van der Waals surface area contributed by atoms with Gasteiger partial charge < -0.3 is 4.74 Å². The second kappa shape index (κ2) is 4.54. The average molecular weight is 185 g/mol. The molecular formula is C9H9F2NO. The van der Waals surface area contributed by atoms with Crippen LogP contribution in [-0.2, 0) is 4.74 Å². The molecule has 0 atom stereocenters. The molecular weight excluding hydrogens is 176 g/mol. The molecule has 0 heterocycles. The summed E-state index contributed by atoms with van der Waals surface area (Å²) in [6.45, 7) is 2.04. The van der Waals surface area contributed by atoms with Crippen molar-refractivity contribution in [1.29, 1.82) is 0 Å². The Labute approximate surface area is 74.8 Å². The Morgan fingerprint density at radius 3 is 2.46 bits per heavy atom. The van der Waals surface area contributed by atoms with Crippen LogP contribution in [0.4, 0.5) is 8.87 Å². The predicted octanol–water partition coefficient (Wildman–Crippen LogP) is 2.49. The molecule has 0 aromatic heterocycles. The summed E-state index contributed by atoms with van der Waals surface area (Å²) >= 11 is 0. The zero-order valence-electron chi connectivity index (χ0n) is 7.13. The molecule has 0 unspecified atom stereocenters. The van der Waals surface area contributed by atoms with Gasteiger partial charge in [0.2, 0.25) is 0 Å². The Bertz CT molecular complexity index is 295. The van der Waals surface area contributed by atoms with Crippen molar-refractivity contribution in [2.75, 3.05) is 6.61 Å². The van der Waals surface area contributed by atoms with Crippen molar-refractivity contribution in [2.45, 2.75) is 6.92 Å². The van der Waals surface area contributed by atoms with E-state index in [0.29, 0.717) is 12.2 Å². The maximum atomic E-state index is 12.5. The van der Waals surface area contributed by atoms with Gasteiger partial charge >= 0.3 is 0 Å². The van der Waals surface area contributed by atoms with Gasteiger partial charge in [0.25, 0.3) is 5.90 Å². The summed E-state index contributed by atoms with van der Waals surface area (Å²) in [5.74, 6) is -0.499. The molecule has 0 saturated heterocycles. The lowest BCUT2D eigenvalue weighted by atomic mass is 10.2. The first kappa shape index (κ1) is 9.64. The van der Waals surface area contributed by atoms with E-state index >= 15 is 0 Å². The zero-order chi connectivity index (χ0) is 9.68. The molecule has 4 heteroatoms. The van der Waals surface area contributed by atoms with Crippen LogP contribution in [0.1, 0.15) is 12.5 Å². The van der Waals surface area contributed by atoms with Gasteiger partial charge in [-0.1, -0.05) is 4.48 Å². The van der Waals surface area contributed by atoms with Gasteiger partial charge in [-0.25, -0.2) is 4.39 Å². The normalized spacial score (nSPS) is 11.5. The molecule has 70 valence electrons. The highest BCUT2D eigenvalue weighted by molar-refractivity contribution is 5.93. The van der Waals surface area contributed by atoms with Gasteiger partial charge in [-0.15, -0.1) is 0 Å². The molecule has 1 aromatic carbocycles. The van der Waals surface area contributed by atoms with Crippen LogP contribution in [0.15, 0.2) is 29.5 Å². The third kappa shape index (κ3) is 2.50. The first-order chi connectivity index (χ1) is 6.27. The molecule has 1 rings (SSSR count). The van der Waals surface area contributed by atoms with E-state index in [2.05, 4.69) is 5.21 Å². The second-order valence-electron chi connectivity index (χ2n) is 2.33. The number of hydrogen-bond acceptors (Lipinski definition) is 2. The van der Waals surface area contributed by atoms with Gasteiger partial charge in [0.1, 0.15) is 5.82 Å². The Balaban J connectivity index is 2.87. The van der Waals surface area contributed by atoms with Crippen molar-refractivity contribution >= 4 is 5.90 Å². The van der Waals surface area contributed by atoms with E-state index in [1.54, 1.807) is 6.92 Å². The summed E-state index contributed by atoms with van der Waals surface area (Å²) in [5, 5.41) is 2.45. The number of rotatable bonds is 2. The Morgan fingerprint density at radius 2 is 2.00 bits per heavy atom. The van der Waals surface area contributed by atoms with Crippen molar-refractivity contribution in [3.63, 3.8) is 0 Å². The van der Waals surface area contributed by atoms with Crippen LogP contribution in [0.3, 0.4) is 0 Å². The molecule has 0 bridgehead atoms. The van der Waals surface area contributed by atoms with Gasteiger partial charge in [-0.3, -0.25) is 0 Å². The lowest BCUT2D eigenvalue weighted by Gasteiger charge is -2.03.